The van der Waals surface area contributed by atoms with E-state index in [9.17, 15) is 14.7 Å². The molecule has 48 heavy (non-hydrogen) atoms. The van der Waals surface area contributed by atoms with Crippen LogP contribution in [0.4, 0.5) is 0 Å². The Bertz CT molecular complexity index is 1980. The second-order valence-corrected chi connectivity index (χ2v) is 14.3. The lowest BCUT2D eigenvalue weighted by atomic mass is 10.1. The number of rotatable bonds is 6. The molecule has 0 bridgehead atoms. The topological polar surface area (TPSA) is 126 Å². The predicted octanol–water partition coefficient (Wildman–Crippen LogP) is 8.42. The Morgan fingerprint density at radius 3 is 1.54 bits per heavy atom. The molecule has 0 saturated heterocycles. The molecule has 4 aromatic carbocycles. The van der Waals surface area contributed by atoms with Crippen molar-refractivity contribution in [3.8, 4) is 11.4 Å². The van der Waals surface area contributed by atoms with Crippen LogP contribution in [-0.4, -0.2) is 55.0 Å². The Morgan fingerprint density at radius 1 is 0.750 bits per heavy atom. The molecule has 0 radical (unpaired) electrons. The van der Waals surface area contributed by atoms with Crippen molar-refractivity contribution in [3.63, 3.8) is 0 Å². The van der Waals surface area contributed by atoms with Gasteiger partial charge in [0.15, 0.2) is 11.4 Å². The van der Waals surface area contributed by atoms with Gasteiger partial charge in [0.05, 0.1) is 43.2 Å². The van der Waals surface area contributed by atoms with Gasteiger partial charge in [-0.3, -0.25) is 0 Å². The van der Waals surface area contributed by atoms with Crippen LogP contribution in [0.1, 0.15) is 32.1 Å². The standard InChI is InChI=1S/C16H12BrClN2O2.C16H13BrN2O3.Cl2OS/c1-22-16(21)15-13-7-10(9-18)5-6-14(13)20(19-15)12-4-2-3-11(17)8-12;1-22-16(21)15-13-7-10(9-20)5-6-14(13)19(18-15)12-4-2-3-11(17)8-12;1-4(2)3/h2-8H,9H2,1H3;2-8,20H,9H2,1H3;. The SMILES string of the molecule is COC(=O)c1nn(-c2cccc(Br)c2)c2ccc(CCl)cc12.COC(=O)c1nn(-c2cccc(Br)c2)c2ccc(CO)cc12.O=S(Cl)Cl. The number of hydrogen-bond donors (Lipinski definition) is 1. The first-order valence-electron chi connectivity index (χ1n) is 13.6. The Morgan fingerprint density at radius 2 is 1.17 bits per heavy atom. The van der Waals surface area contributed by atoms with Crippen LogP contribution in [0.25, 0.3) is 33.2 Å². The molecule has 6 aromatic rings. The quantitative estimate of drug-likeness (QED) is 0.101. The summed E-state index contributed by atoms with van der Waals surface area (Å²) in [5, 5.41) is 19.5. The van der Waals surface area contributed by atoms with Gasteiger partial charge >= 0.3 is 11.9 Å². The maximum absolute atomic E-state index is 12.0. The van der Waals surface area contributed by atoms with Gasteiger partial charge in [0.25, 0.3) is 0 Å². The van der Waals surface area contributed by atoms with E-state index in [2.05, 4.69) is 63.4 Å². The highest BCUT2D eigenvalue weighted by atomic mass is 79.9. The van der Waals surface area contributed by atoms with Crippen LogP contribution < -0.4 is 0 Å². The molecule has 0 unspecified atom stereocenters. The third-order valence-corrected chi connectivity index (χ3v) is 7.98. The van der Waals surface area contributed by atoms with Crippen LogP contribution in [0.2, 0.25) is 0 Å². The minimum absolute atomic E-state index is 0.0986. The molecule has 0 atom stereocenters. The van der Waals surface area contributed by atoms with Crippen molar-refractivity contribution < 1.29 is 28.4 Å². The zero-order chi connectivity index (χ0) is 35.0. The monoisotopic (exact) mass is 856 g/mol. The van der Waals surface area contributed by atoms with Crippen LogP contribution in [0.15, 0.2) is 93.9 Å². The number of aromatic nitrogens is 4. The Labute approximate surface area is 308 Å². The van der Waals surface area contributed by atoms with Gasteiger partial charge in [-0.15, -0.1) is 11.6 Å². The van der Waals surface area contributed by atoms with Crippen molar-refractivity contribution in [1.29, 1.82) is 0 Å². The smallest absolute Gasteiger partial charge is 0.359 e. The number of nitrogens with zero attached hydrogens (tertiary/aromatic N) is 4. The minimum atomic E-state index is -1.67. The van der Waals surface area contributed by atoms with Gasteiger partial charge in [-0.05, 0) is 71.8 Å². The fourth-order valence-corrected chi connectivity index (χ4v) is 5.56. The lowest BCUT2D eigenvalue weighted by molar-refractivity contribution is 0.0587. The van der Waals surface area contributed by atoms with E-state index < -0.39 is 21.2 Å². The molecular weight excluding hydrogens is 835 g/mol. The van der Waals surface area contributed by atoms with Crippen molar-refractivity contribution in [2.45, 2.75) is 12.5 Å². The maximum atomic E-state index is 12.0. The maximum Gasteiger partial charge on any atom is 0.359 e. The summed E-state index contributed by atoms with van der Waals surface area (Å²) >= 11 is 12.8. The largest absolute Gasteiger partial charge is 0.464 e. The normalized spacial score (nSPS) is 10.7. The zero-order valence-corrected chi connectivity index (χ0v) is 31.3. The van der Waals surface area contributed by atoms with Crippen LogP contribution in [-0.2, 0) is 31.2 Å². The number of hydrogen-bond acceptors (Lipinski definition) is 8. The van der Waals surface area contributed by atoms with Crippen LogP contribution in [0.5, 0.6) is 0 Å². The summed E-state index contributed by atoms with van der Waals surface area (Å²) in [6, 6.07) is 26.4. The highest BCUT2D eigenvalue weighted by molar-refractivity contribution is 9.10. The lowest BCUT2D eigenvalue weighted by Gasteiger charge is -2.04. The molecule has 6 rings (SSSR count). The first-order valence-corrected chi connectivity index (χ1v) is 18.6. The summed E-state index contributed by atoms with van der Waals surface area (Å²) in [7, 11) is 10.0. The first kappa shape index (κ1) is 37.5. The second kappa shape index (κ2) is 17.4. The number of methoxy groups -OCH3 is 2. The summed E-state index contributed by atoms with van der Waals surface area (Å²) in [6.07, 6.45) is 0. The van der Waals surface area contributed by atoms with E-state index >= 15 is 0 Å². The summed E-state index contributed by atoms with van der Waals surface area (Å²) in [5.41, 5.74) is 5.43. The number of esters is 2. The average Bonchev–Trinajstić information content (AvgIpc) is 3.66. The van der Waals surface area contributed by atoms with E-state index in [0.717, 1.165) is 42.3 Å². The number of ether oxygens (including phenoxy) is 2. The van der Waals surface area contributed by atoms with E-state index in [1.807, 2.05) is 72.8 Å². The van der Waals surface area contributed by atoms with E-state index in [1.54, 1.807) is 21.5 Å². The Hall–Kier alpha value is -3.30. The summed E-state index contributed by atoms with van der Waals surface area (Å²) in [4.78, 5) is 24.0. The van der Waals surface area contributed by atoms with Crippen molar-refractivity contribution in [2.75, 3.05) is 14.2 Å². The number of alkyl halides is 1. The average molecular weight is 860 g/mol. The molecule has 0 fully saturated rings. The predicted molar refractivity (Wildman–Crippen MR) is 196 cm³/mol. The van der Waals surface area contributed by atoms with Gasteiger partial charge < -0.3 is 14.6 Å². The van der Waals surface area contributed by atoms with Gasteiger partial charge in [0.2, 0.25) is 9.23 Å². The Balaban J connectivity index is 0.000000195. The van der Waals surface area contributed by atoms with Crippen LogP contribution in [0, 0.1) is 0 Å². The van der Waals surface area contributed by atoms with E-state index in [-0.39, 0.29) is 18.0 Å². The molecule has 10 nitrogen and oxygen atoms in total. The highest BCUT2D eigenvalue weighted by Crippen LogP contribution is 2.27. The van der Waals surface area contributed by atoms with Crippen molar-refractivity contribution >= 4 is 108 Å². The van der Waals surface area contributed by atoms with Gasteiger partial charge in [-0.2, -0.15) is 10.2 Å². The number of benzene rings is 4. The van der Waals surface area contributed by atoms with E-state index in [1.165, 1.54) is 14.2 Å². The molecule has 0 aliphatic heterocycles. The van der Waals surface area contributed by atoms with Gasteiger partial charge in [0, 0.05) is 47.0 Å². The van der Waals surface area contributed by atoms with Crippen molar-refractivity contribution in [3.05, 3.63) is 116 Å². The molecule has 0 aliphatic carbocycles. The van der Waals surface area contributed by atoms with Gasteiger partial charge in [-0.1, -0.05) is 56.1 Å². The van der Waals surface area contributed by atoms with E-state index in [0.29, 0.717) is 16.8 Å². The Kier molecular flexibility index (Phi) is 13.6. The lowest BCUT2D eigenvalue weighted by Crippen LogP contribution is -2.04. The van der Waals surface area contributed by atoms with Gasteiger partial charge in [-0.25, -0.2) is 23.2 Å². The summed E-state index contributed by atoms with van der Waals surface area (Å²) < 4.78 is 24.0. The van der Waals surface area contributed by atoms with Crippen molar-refractivity contribution in [1.82, 2.24) is 19.6 Å². The highest BCUT2D eigenvalue weighted by Gasteiger charge is 2.20. The zero-order valence-electron chi connectivity index (χ0n) is 25.1. The molecule has 16 heteroatoms. The van der Waals surface area contributed by atoms with Crippen LogP contribution in [0.3, 0.4) is 0 Å². The molecule has 0 spiro atoms. The molecule has 0 amide bonds. The molecule has 250 valence electrons. The number of halogens is 5. The fraction of sp³-hybridized carbons (Fsp3) is 0.125. The minimum Gasteiger partial charge on any atom is -0.464 e. The number of aliphatic hydroxyl groups is 1. The van der Waals surface area contributed by atoms with Crippen molar-refractivity contribution in [2.24, 2.45) is 0 Å². The van der Waals surface area contributed by atoms with E-state index in [4.69, 9.17) is 25.3 Å². The molecular formula is C32H25Br2Cl3N4O6S. The molecule has 1 N–H and O–H groups in total. The number of aliphatic hydroxyl groups excluding tert-OH is 1. The third-order valence-electron chi connectivity index (χ3n) is 6.69. The molecule has 0 aliphatic rings. The summed E-state index contributed by atoms with van der Waals surface area (Å²) in [6.45, 7) is -0.0986. The second-order valence-electron chi connectivity index (χ2n) is 9.64. The number of fused-ring (bicyclic) bond motifs is 2. The number of carbonyl (C=O) groups excluding carboxylic acids is 2. The number of carbonyl (C=O) groups is 2. The molecule has 2 aromatic heterocycles. The molecule has 2 heterocycles. The first-order chi connectivity index (χ1) is 23.0. The molecule has 0 saturated carbocycles. The fourth-order valence-electron chi connectivity index (χ4n) is 4.62. The van der Waals surface area contributed by atoms with Gasteiger partial charge in [0.1, 0.15) is 0 Å². The van der Waals surface area contributed by atoms with Crippen LogP contribution >= 0.6 is 64.8 Å². The summed E-state index contributed by atoms with van der Waals surface area (Å²) in [5.74, 6) is -0.599. The third kappa shape index (κ3) is 9.03.